The van der Waals surface area contributed by atoms with Gasteiger partial charge in [-0.15, -0.1) is 0 Å². The van der Waals surface area contributed by atoms with Gasteiger partial charge in [0, 0.05) is 12.3 Å². The molecule has 132 valence electrons. The summed E-state index contributed by atoms with van der Waals surface area (Å²) < 4.78 is 0. The maximum Gasteiger partial charge on any atom is 0.261 e. The first-order chi connectivity index (χ1) is 12.5. The van der Waals surface area contributed by atoms with Crippen molar-refractivity contribution in [2.24, 2.45) is 5.16 Å². The van der Waals surface area contributed by atoms with Gasteiger partial charge in [-0.25, -0.2) is 0 Å². The standard InChI is InChI=1S/C21H20N2O3/c1-21(2)12-17(14-8-4-3-5-9-14)18(22-26-21)13-23-19(24)15-10-6-7-11-16(15)20(23)25/h3-11,17H,12-13H2,1-2H3. The van der Waals surface area contributed by atoms with Crippen LogP contribution in [0.2, 0.25) is 0 Å². The van der Waals surface area contributed by atoms with Crippen molar-refractivity contribution < 1.29 is 14.4 Å². The lowest BCUT2D eigenvalue weighted by Gasteiger charge is -2.34. The topological polar surface area (TPSA) is 59.0 Å². The second kappa shape index (κ2) is 6.09. The molecule has 2 amide bonds. The number of fused-ring (bicyclic) bond motifs is 1. The second-order valence-electron chi connectivity index (χ2n) is 7.34. The molecule has 1 unspecified atom stereocenters. The summed E-state index contributed by atoms with van der Waals surface area (Å²) in [6.07, 6.45) is 0.735. The van der Waals surface area contributed by atoms with E-state index in [1.165, 1.54) is 4.90 Å². The van der Waals surface area contributed by atoms with Gasteiger partial charge in [-0.3, -0.25) is 14.5 Å². The number of benzene rings is 2. The Morgan fingerprint density at radius 3 is 2.19 bits per heavy atom. The van der Waals surface area contributed by atoms with E-state index in [1.54, 1.807) is 24.3 Å². The predicted molar refractivity (Wildman–Crippen MR) is 98.2 cm³/mol. The number of nitrogens with zero attached hydrogens (tertiary/aromatic N) is 2. The van der Waals surface area contributed by atoms with E-state index in [0.29, 0.717) is 16.8 Å². The minimum Gasteiger partial charge on any atom is -0.390 e. The first kappa shape index (κ1) is 16.5. The summed E-state index contributed by atoms with van der Waals surface area (Å²) in [5.74, 6) is -0.542. The molecule has 2 aliphatic rings. The summed E-state index contributed by atoms with van der Waals surface area (Å²) in [6.45, 7) is 4.12. The fourth-order valence-corrected chi connectivity index (χ4v) is 3.57. The summed E-state index contributed by atoms with van der Waals surface area (Å²) in [5.41, 5.74) is 2.31. The van der Waals surface area contributed by atoms with Gasteiger partial charge >= 0.3 is 0 Å². The third kappa shape index (κ3) is 2.79. The van der Waals surface area contributed by atoms with Crippen molar-refractivity contribution in [3.8, 4) is 0 Å². The van der Waals surface area contributed by atoms with Crippen LogP contribution in [0.4, 0.5) is 0 Å². The third-order valence-corrected chi connectivity index (χ3v) is 4.91. The summed E-state index contributed by atoms with van der Waals surface area (Å²) in [4.78, 5) is 32.2. The zero-order chi connectivity index (χ0) is 18.3. The molecule has 2 heterocycles. The second-order valence-corrected chi connectivity index (χ2v) is 7.34. The van der Waals surface area contributed by atoms with Crippen LogP contribution in [0.15, 0.2) is 59.8 Å². The smallest absolute Gasteiger partial charge is 0.261 e. The van der Waals surface area contributed by atoms with Crippen molar-refractivity contribution in [2.45, 2.75) is 31.8 Å². The Balaban J connectivity index is 1.65. The largest absolute Gasteiger partial charge is 0.390 e. The molecule has 5 heteroatoms. The number of rotatable bonds is 3. The molecule has 0 radical (unpaired) electrons. The summed E-state index contributed by atoms with van der Waals surface area (Å²) in [6, 6.07) is 16.9. The fourth-order valence-electron chi connectivity index (χ4n) is 3.57. The summed E-state index contributed by atoms with van der Waals surface area (Å²) in [7, 11) is 0. The predicted octanol–water partition coefficient (Wildman–Crippen LogP) is 3.62. The van der Waals surface area contributed by atoms with Crippen LogP contribution in [-0.4, -0.2) is 34.6 Å². The number of oxime groups is 1. The molecule has 1 atom stereocenters. The molecule has 0 spiro atoms. The van der Waals surface area contributed by atoms with Crippen LogP contribution in [0.5, 0.6) is 0 Å². The number of carbonyl (C=O) groups excluding carboxylic acids is 2. The van der Waals surface area contributed by atoms with Gasteiger partial charge in [0.25, 0.3) is 11.8 Å². The Labute approximate surface area is 152 Å². The van der Waals surface area contributed by atoms with E-state index in [-0.39, 0.29) is 24.3 Å². The Hall–Kier alpha value is -2.95. The third-order valence-electron chi connectivity index (χ3n) is 4.91. The van der Waals surface area contributed by atoms with Crippen LogP contribution < -0.4 is 0 Å². The Morgan fingerprint density at radius 1 is 1.00 bits per heavy atom. The molecular weight excluding hydrogens is 328 g/mol. The molecular formula is C21H20N2O3. The molecule has 0 aliphatic carbocycles. The highest BCUT2D eigenvalue weighted by Gasteiger charge is 2.40. The molecule has 5 nitrogen and oxygen atoms in total. The van der Waals surface area contributed by atoms with Crippen molar-refractivity contribution in [2.75, 3.05) is 6.54 Å². The quantitative estimate of drug-likeness (QED) is 0.796. The maximum atomic E-state index is 12.7. The highest BCUT2D eigenvalue weighted by Crippen LogP contribution is 2.35. The van der Waals surface area contributed by atoms with E-state index in [2.05, 4.69) is 5.16 Å². The number of hydrogen-bond donors (Lipinski definition) is 0. The first-order valence-corrected chi connectivity index (χ1v) is 8.71. The molecule has 0 aromatic heterocycles. The van der Waals surface area contributed by atoms with Crippen LogP contribution in [0.3, 0.4) is 0 Å². The summed E-state index contributed by atoms with van der Waals surface area (Å²) in [5, 5.41) is 4.31. The zero-order valence-corrected chi connectivity index (χ0v) is 14.8. The number of amides is 2. The van der Waals surface area contributed by atoms with Gasteiger partial charge in [-0.05, 0) is 31.5 Å². The van der Waals surface area contributed by atoms with Crippen LogP contribution >= 0.6 is 0 Å². The number of imide groups is 1. The van der Waals surface area contributed by atoms with E-state index >= 15 is 0 Å². The van der Waals surface area contributed by atoms with Crippen LogP contribution in [0.25, 0.3) is 0 Å². The molecule has 0 fully saturated rings. The van der Waals surface area contributed by atoms with Crippen LogP contribution in [0, 0.1) is 0 Å². The van der Waals surface area contributed by atoms with Crippen molar-refractivity contribution in [3.05, 3.63) is 71.3 Å². The van der Waals surface area contributed by atoms with E-state index in [4.69, 9.17) is 4.84 Å². The average molecular weight is 348 g/mol. The lowest BCUT2D eigenvalue weighted by atomic mass is 9.83. The normalized spacial score (nSPS) is 21.2. The van der Waals surface area contributed by atoms with Gasteiger partial charge in [-0.2, -0.15) is 0 Å². The highest BCUT2D eigenvalue weighted by molar-refractivity contribution is 6.22. The van der Waals surface area contributed by atoms with Crippen molar-refractivity contribution in [1.29, 1.82) is 0 Å². The van der Waals surface area contributed by atoms with E-state index < -0.39 is 5.60 Å². The lowest BCUT2D eigenvalue weighted by molar-refractivity contribution is -0.0336. The molecule has 0 bridgehead atoms. The van der Waals surface area contributed by atoms with Gasteiger partial charge in [0.05, 0.1) is 23.4 Å². The van der Waals surface area contributed by atoms with E-state index in [0.717, 1.165) is 12.0 Å². The molecule has 2 aromatic carbocycles. The minimum atomic E-state index is -0.397. The molecule has 0 N–H and O–H groups in total. The Morgan fingerprint density at radius 2 is 1.58 bits per heavy atom. The average Bonchev–Trinajstić information content (AvgIpc) is 2.89. The van der Waals surface area contributed by atoms with Crippen molar-refractivity contribution in [1.82, 2.24) is 4.90 Å². The van der Waals surface area contributed by atoms with Gasteiger partial charge in [0.2, 0.25) is 0 Å². The van der Waals surface area contributed by atoms with E-state index in [9.17, 15) is 9.59 Å². The van der Waals surface area contributed by atoms with Crippen molar-refractivity contribution in [3.63, 3.8) is 0 Å². The lowest BCUT2D eigenvalue weighted by Crippen LogP contribution is -2.41. The fraction of sp³-hybridized carbons (Fsp3) is 0.286. The molecule has 4 rings (SSSR count). The van der Waals surface area contributed by atoms with Crippen LogP contribution in [0.1, 0.15) is 52.5 Å². The molecule has 26 heavy (non-hydrogen) atoms. The Bertz CT molecular complexity index is 867. The Kier molecular flexibility index (Phi) is 3.87. The van der Waals surface area contributed by atoms with Crippen molar-refractivity contribution >= 4 is 17.5 Å². The molecule has 2 aromatic rings. The molecule has 0 saturated heterocycles. The SMILES string of the molecule is CC1(C)CC(c2ccccc2)C(CN2C(=O)c3ccccc3C2=O)=NO1. The zero-order valence-electron chi connectivity index (χ0n) is 14.8. The molecule has 0 saturated carbocycles. The van der Waals surface area contributed by atoms with E-state index in [1.807, 2.05) is 44.2 Å². The van der Waals surface area contributed by atoms with Gasteiger partial charge in [-0.1, -0.05) is 47.6 Å². The maximum absolute atomic E-state index is 12.7. The molecule has 2 aliphatic heterocycles. The first-order valence-electron chi connectivity index (χ1n) is 8.71. The van der Waals surface area contributed by atoms with Gasteiger partial charge in [0.15, 0.2) is 0 Å². The monoisotopic (exact) mass is 348 g/mol. The number of carbonyl (C=O) groups is 2. The van der Waals surface area contributed by atoms with Gasteiger partial charge < -0.3 is 4.84 Å². The highest BCUT2D eigenvalue weighted by atomic mass is 16.6. The van der Waals surface area contributed by atoms with Crippen LogP contribution in [-0.2, 0) is 4.84 Å². The van der Waals surface area contributed by atoms with Gasteiger partial charge in [0.1, 0.15) is 5.60 Å². The number of hydrogen-bond acceptors (Lipinski definition) is 4. The minimum absolute atomic E-state index is 0.00395. The summed E-state index contributed by atoms with van der Waals surface area (Å²) >= 11 is 0.